The van der Waals surface area contributed by atoms with Crippen LogP contribution in [0.25, 0.3) is 0 Å². The van der Waals surface area contributed by atoms with Gasteiger partial charge in [0.15, 0.2) is 5.83 Å². The third-order valence-electron chi connectivity index (χ3n) is 6.19. The van der Waals surface area contributed by atoms with E-state index in [9.17, 15) is 23.5 Å². The highest BCUT2D eigenvalue weighted by Crippen LogP contribution is 2.47. The van der Waals surface area contributed by atoms with E-state index in [1.807, 2.05) is 0 Å². The molecule has 4 aliphatic rings. The van der Waals surface area contributed by atoms with Gasteiger partial charge in [-0.2, -0.15) is 0 Å². The van der Waals surface area contributed by atoms with Crippen LogP contribution in [0.3, 0.4) is 0 Å². The Balaban J connectivity index is 1.75. The van der Waals surface area contributed by atoms with Crippen molar-refractivity contribution in [2.45, 2.75) is 31.8 Å². The van der Waals surface area contributed by atoms with Gasteiger partial charge in [0.1, 0.15) is 5.57 Å². The van der Waals surface area contributed by atoms with Crippen molar-refractivity contribution in [3.63, 3.8) is 0 Å². The van der Waals surface area contributed by atoms with Crippen molar-refractivity contribution in [2.24, 2.45) is 23.5 Å². The molecule has 1 amide bonds. The topological polar surface area (TPSA) is 86.9 Å². The Hall–Kier alpha value is -2.22. The minimum Gasteiger partial charge on any atom is -0.478 e. The lowest BCUT2D eigenvalue weighted by molar-refractivity contribution is -0.138. The summed E-state index contributed by atoms with van der Waals surface area (Å²) in [5.41, 5.74) is 6.72. The molecule has 8 heteroatoms. The third kappa shape index (κ3) is 2.86. The first kappa shape index (κ1) is 18.2. The highest BCUT2D eigenvalue weighted by molar-refractivity contribution is 6.16. The fourth-order valence-corrected chi connectivity index (χ4v) is 4.63. The first-order chi connectivity index (χ1) is 12.8. The molecule has 0 spiro atoms. The number of allylic oxidation sites excluding steroid dienone is 1. The summed E-state index contributed by atoms with van der Waals surface area (Å²) in [6.45, 7) is 1.90. The van der Waals surface area contributed by atoms with Gasteiger partial charge in [-0.25, -0.2) is 9.18 Å². The molecule has 2 fully saturated rings. The fraction of sp³-hybridized carbons (Fsp3) is 0.579. The average Bonchev–Trinajstić information content (AvgIpc) is 3.38. The van der Waals surface area contributed by atoms with E-state index in [1.54, 1.807) is 17.9 Å². The summed E-state index contributed by atoms with van der Waals surface area (Å²) in [5.74, 6) is -2.82. The predicted molar refractivity (Wildman–Crippen MR) is 93.5 cm³/mol. The molecule has 0 aromatic rings. The molecule has 146 valence electrons. The number of carboxylic acid groups (broad SMARTS) is 1. The molecule has 1 aliphatic carbocycles. The maximum absolute atomic E-state index is 15.0. The molecule has 4 rings (SSSR count). The SMILES string of the molecule is CC1=C(N2C[C@@H](CF)[C@@H](N)C2)C(F)=CN2C(=O)C(C(=O)O)=CC(C3CC3)C12. The smallest absolute Gasteiger partial charge is 0.341 e. The first-order valence-corrected chi connectivity index (χ1v) is 9.26. The zero-order valence-electron chi connectivity index (χ0n) is 15.1. The zero-order chi connectivity index (χ0) is 19.5. The maximum Gasteiger partial charge on any atom is 0.341 e. The number of hydrogen-bond acceptors (Lipinski definition) is 4. The number of rotatable bonds is 4. The van der Waals surface area contributed by atoms with Gasteiger partial charge in [-0.1, -0.05) is 6.08 Å². The molecule has 0 bridgehead atoms. The Labute approximate surface area is 156 Å². The van der Waals surface area contributed by atoms with E-state index in [2.05, 4.69) is 0 Å². The number of amides is 1. The van der Waals surface area contributed by atoms with Crippen molar-refractivity contribution in [1.29, 1.82) is 0 Å². The number of aliphatic carboxylic acids is 1. The van der Waals surface area contributed by atoms with Gasteiger partial charge in [0, 0.05) is 37.2 Å². The fourth-order valence-electron chi connectivity index (χ4n) is 4.63. The molecular weight excluding hydrogens is 356 g/mol. The number of nitrogens with two attached hydrogens (primary N) is 1. The molecule has 4 atom stereocenters. The highest BCUT2D eigenvalue weighted by Gasteiger charge is 2.48. The average molecular weight is 379 g/mol. The number of carbonyl (C=O) groups excluding carboxylic acids is 1. The number of carboxylic acids is 1. The summed E-state index contributed by atoms with van der Waals surface area (Å²) >= 11 is 0. The van der Waals surface area contributed by atoms with E-state index in [4.69, 9.17) is 5.73 Å². The van der Waals surface area contributed by atoms with Crippen molar-refractivity contribution in [3.05, 3.63) is 34.9 Å². The van der Waals surface area contributed by atoms with Crippen molar-refractivity contribution < 1.29 is 23.5 Å². The first-order valence-electron chi connectivity index (χ1n) is 9.26. The summed E-state index contributed by atoms with van der Waals surface area (Å²) in [7, 11) is 0. The van der Waals surface area contributed by atoms with Crippen LogP contribution >= 0.6 is 0 Å². The quantitative estimate of drug-likeness (QED) is 0.724. The number of nitrogens with zero attached hydrogens (tertiary/aromatic N) is 2. The van der Waals surface area contributed by atoms with Gasteiger partial charge >= 0.3 is 5.97 Å². The van der Waals surface area contributed by atoms with Crippen molar-refractivity contribution in [2.75, 3.05) is 19.8 Å². The molecule has 1 saturated carbocycles. The lowest BCUT2D eigenvalue weighted by Gasteiger charge is -2.43. The molecule has 2 unspecified atom stereocenters. The minimum absolute atomic E-state index is 0.165. The molecule has 27 heavy (non-hydrogen) atoms. The lowest BCUT2D eigenvalue weighted by Crippen LogP contribution is -2.50. The zero-order valence-corrected chi connectivity index (χ0v) is 15.1. The van der Waals surface area contributed by atoms with Crippen LogP contribution in [0.2, 0.25) is 0 Å². The van der Waals surface area contributed by atoms with Crippen LogP contribution in [0, 0.1) is 17.8 Å². The molecule has 1 saturated heterocycles. The van der Waals surface area contributed by atoms with Crippen molar-refractivity contribution >= 4 is 11.9 Å². The van der Waals surface area contributed by atoms with Crippen LogP contribution in [0.1, 0.15) is 19.8 Å². The van der Waals surface area contributed by atoms with E-state index in [-0.39, 0.29) is 29.4 Å². The number of fused-ring (bicyclic) bond motifs is 1. The standard InChI is InChI=1S/C19H23F2N3O3/c1-9-16-12(10-2-3-10)4-13(19(26)27)18(25)24(16)7-14(21)17(9)23-6-11(5-20)15(22)8-23/h4,7,10-12,15-16H,2-3,5-6,8,22H2,1H3,(H,26,27)/t11-,12?,15+,16?/m1/s1. The highest BCUT2D eigenvalue weighted by atomic mass is 19.1. The summed E-state index contributed by atoms with van der Waals surface area (Å²) in [6, 6.07) is -0.782. The molecule has 3 aliphatic heterocycles. The number of halogens is 2. The molecule has 0 aromatic carbocycles. The molecule has 6 nitrogen and oxygen atoms in total. The van der Waals surface area contributed by atoms with Crippen LogP contribution in [0.5, 0.6) is 0 Å². The van der Waals surface area contributed by atoms with Gasteiger partial charge in [0.25, 0.3) is 5.91 Å². The van der Waals surface area contributed by atoms with Crippen LogP contribution < -0.4 is 5.73 Å². The molecular formula is C19H23F2N3O3. The number of carbonyl (C=O) groups is 2. The van der Waals surface area contributed by atoms with Gasteiger partial charge in [0.05, 0.1) is 18.4 Å². The lowest BCUT2D eigenvalue weighted by atomic mass is 9.81. The summed E-state index contributed by atoms with van der Waals surface area (Å²) < 4.78 is 28.1. The summed E-state index contributed by atoms with van der Waals surface area (Å²) in [6.07, 6.45) is 4.57. The Bertz CT molecular complexity index is 787. The van der Waals surface area contributed by atoms with Crippen LogP contribution in [0.4, 0.5) is 8.78 Å². The van der Waals surface area contributed by atoms with Crippen molar-refractivity contribution in [1.82, 2.24) is 9.80 Å². The summed E-state index contributed by atoms with van der Waals surface area (Å²) in [4.78, 5) is 27.1. The molecule has 3 heterocycles. The van der Waals surface area contributed by atoms with E-state index in [1.165, 1.54) is 4.90 Å². The monoisotopic (exact) mass is 379 g/mol. The van der Waals surface area contributed by atoms with Gasteiger partial charge in [-0.15, -0.1) is 0 Å². The van der Waals surface area contributed by atoms with Gasteiger partial charge in [-0.3, -0.25) is 9.18 Å². The van der Waals surface area contributed by atoms with E-state index in [0.717, 1.165) is 19.0 Å². The summed E-state index contributed by atoms with van der Waals surface area (Å²) in [5, 5.41) is 9.36. The minimum atomic E-state index is -1.29. The normalized spacial score (nSPS) is 33.9. The number of alkyl halides is 1. The number of hydrogen-bond donors (Lipinski definition) is 2. The Morgan fingerprint density at radius 3 is 2.63 bits per heavy atom. The predicted octanol–water partition coefficient (Wildman–Crippen LogP) is 1.56. The van der Waals surface area contributed by atoms with E-state index >= 15 is 0 Å². The molecule has 3 N–H and O–H groups in total. The second-order valence-corrected chi connectivity index (χ2v) is 7.95. The Morgan fingerprint density at radius 2 is 2.07 bits per heavy atom. The Morgan fingerprint density at radius 1 is 1.37 bits per heavy atom. The molecule has 0 radical (unpaired) electrons. The second-order valence-electron chi connectivity index (χ2n) is 7.95. The maximum atomic E-state index is 15.0. The largest absolute Gasteiger partial charge is 0.478 e. The Kier molecular flexibility index (Phi) is 4.33. The van der Waals surface area contributed by atoms with Crippen LogP contribution in [0.15, 0.2) is 34.9 Å². The van der Waals surface area contributed by atoms with Gasteiger partial charge < -0.3 is 20.6 Å². The van der Waals surface area contributed by atoms with E-state index in [0.29, 0.717) is 24.4 Å². The van der Waals surface area contributed by atoms with Crippen LogP contribution in [-0.2, 0) is 9.59 Å². The second kappa shape index (κ2) is 6.44. The third-order valence-corrected chi connectivity index (χ3v) is 6.19. The van der Waals surface area contributed by atoms with Gasteiger partial charge in [-0.05, 0) is 31.3 Å². The van der Waals surface area contributed by atoms with Crippen molar-refractivity contribution in [3.8, 4) is 0 Å². The van der Waals surface area contributed by atoms with Gasteiger partial charge in [0.2, 0.25) is 0 Å². The van der Waals surface area contributed by atoms with Crippen LogP contribution in [-0.4, -0.2) is 58.6 Å². The molecule has 0 aromatic heterocycles. The van der Waals surface area contributed by atoms with E-state index < -0.39 is 30.4 Å². The number of likely N-dealkylation sites (tertiary alicyclic amines) is 1.